The molecule has 1 unspecified atom stereocenters. The van der Waals surface area contributed by atoms with Gasteiger partial charge in [0.15, 0.2) is 0 Å². The molecule has 1 rings (SSSR count). The van der Waals surface area contributed by atoms with Crippen LogP contribution >= 0.6 is 11.8 Å². The number of thioether (sulfide) groups is 1. The van der Waals surface area contributed by atoms with Gasteiger partial charge in [-0.15, -0.1) is 0 Å². The Morgan fingerprint density at radius 2 is 2.05 bits per heavy atom. The Labute approximate surface area is 129 Å². The fraction of sp³-hybridized carbons (Fsp3) is 0.533. The predicted octanol–water partition coefficient (Wildman–Crippen LogP) is 2.61. The van der Waals surface area contributed by atoms with Crippen LogP contribution in [0.5, 0.6) is 5.75 Å². The lowest BCUT2D eigenvalue weighted by Gasteiger charge is -2.10. The smallest absolute Gasteiger partial charge is 0.322 e. The lowest BCUT2D eigenvalue weighted by atomic mass is 10.2. The zero-order valence-electron chi connectivity index (χ0n) is 12.2. The summed E-state index contributed by atoms with van der Waals surface area (Å²) in [4.78, 5) is 11.3. The largest absolute Gasteiger partial charge is 0.494 e. The van der Waals surface area contributed by atoms with Crippen LogP contribution in [-0.2, 0) is 9.53 Å². The number of carbonyl (C=O) groups is 1. The Morgan fingerprint density at radius 3 is 2.71 bits per heavy atom. The van der Waals surface area contributed by atoms with E-state index < -0.39 is 6.04 Å². The normalized spacial score (nSPS) is 12.0. The molecule has 0 bridgehead atoms. The highest BCUT2D eigenvalue weighted by Crippen LogP contribution is 2.12. The van der Waals surface area contributed by atoms with Gasteiger partial charge in [-0.3, -0.25) is 4.79 Å². The van der Waals surface area contributed by atoms with Gasteiger partial charge < -0.3 is 15.2 Å². The molecular formula is C15H22FNO3S. The standard InChI is InChI=1S/C15H22FNO3S/c1-2-19-15(18)14(17)8-11-21-10-3-9-20-13-6-4-12(16)5-7-13/h4-7,14H,2-3,8-11,17H2,1H3. The maximum atomic E-state index is 12.7. The van der Waals surface area contributed by atoms with Gasteiger partial charge in [0.05, 0.1) is 13.2 Å². The highest BCUT2D eigenvalue weighted by Gasteiger charge is 2.13. The number of hydrogen-bond acceptors (Lipinski definition) is 5. The summed E-state index contributed by atoms with van der Waals surface area (Å²) in [6.45, 7) is 2.71. The van der Waals surface area contributed by atoms with Crippen LogP contribution in [0.25, 0.3) is 0 Å². The Bertz CT molecular complexity index is 414. The van der Waals surface area contributed by atoms with E-state index in [2.05, 4.69) is 0 Å². The van der Waals surface area contributed by atoms with Crippen molar-refractivity contribution in [2.24, 2.45) is 5.73 Å². The van der Waals surface area contributed by atoms with Crippen molar-refractivity contribution in [3.8, 4) is 5.75 Å². The molecule has 21 heavy (non-hydrogen) atoms. The van der Waals surface area contributed by atoms with Gasteiger partial charge in [-0.1, -0.05) is 0 Å². The molecule has 6 heteroatoms. The molecule has 1 aromatic rings. The SMILES string of the molecule is CCOC(=O)C(N)CCSCCCOc1ccc(F)cc1. The fourth-order valence-electron chi connectivity index (χ4n) is 1.56. The van der Waals surface area contributed by atoms with Gasteiger partial charge in [0.1, 0.15) is 17.6 Å². The van der Waals surface area contributed by atoms with E-state index in [-0.39, 0.29) is 11.8 Å². The molecule has 0 radical (unpaired) electrons. The first-order chi connectivity index (χ1) is 10.1. The summed E-state index contributed by atoms with van der Waals surface area (Å²) in [5.74, 6) is 1.81. The van der Waals surface area contributed by atoms with Crippen LogP contribution in [0.3, 0.4) is 0 Å². The summed E-state index contributed by atoms with van der Waals surface area (Å²) in [6, 6.07) is 5.44. The lowest BCUT2D eigenvalue weighted by molar-refractivity contribution is -0.144. The van der Waals surface area contributed by atoms with Crippen LogP contribution in [0, 0.1) is 5.82 Å². The minimum Gasteiger partial charge on any atom is -0.494 e. The van der Waals surface area contributed by atoms with Crippen molar-refractivity contribution in [2.45, 2.75) is 25.8 Å². The molecule has 0 saturated heterocycles. The molecule has 0 saturated carbocycles. The lowest BCUT2D eigenvalue weighted by Crippen LogP contribution is -2.32. The van der Waals surface area contributed by atoms with E-state index in [4.69, 9.17) is 15.2 Å². The van der Waals surface area contributed by atoms with Gasteiger partial charge in [-0.25, -0.2) is 4.39 Å². The predicted molar refractivity (Wildman–Crippen MR) is 83.1 cm³/mol. The number of carbonyl (C=O) groups excluding carboxylic acids is 1. The van der Waals surface area contributed by atoms with Crippen LogP contribution in [0.4, 0.5) is 4.39 Å². The first kappa shape index (κ1) is 17.8. The van der Waals surface area contributed by atoms with Crippen molar-refractivity contribution < 1.29 is 18.7 Å². The van der Waals surface area contributed by atoms with Crippen molar-refractivity contribution >= 4 is 17.7 Å². The second kappa shape index (κ2) is 10.5. The van der Waals surface area contributed by atoms with Crippen molar-refractivity contribution in [2.75, 3.05) is 24.7 Å². The maximum Gasteiger partial charge on any atom is 0.322 e. The van der Waals surface area contributed by atoms with Crippen molar-refractivity contribution in [3.05, 3.63) is 30.1 Å². The molecule has 0 heterocycles. The highest BCUT2D eigenvalue weighted by atomic mass is 32.2. The van der Waals surface area contributed by atoms with Crippen molar-refractivity contribution in [3.63, 3.8) is 0 Å². The quantitative estimate of drug-likeness (QED) is 0.531. The van der Waals surface area contributed by atoms with Crippen LogP contribution in [-0.4, -0.2) is 36.7 Å². The molecule has 4 nitrogen and oxygen atoms in total. The zero-order chi connectivity index (χ0) is 15.5. The summed E-state index contributed by atoms with van der Waals surface area (Å²) >= 11 is 1.73. The van der Waals surface area contributed by atoms with Gasteiger partial charge in [0, 0.05) is 0 Å². The highest BCUT2D eigenvalue weighted by molar-refractivity contribution is 7.99. The van der Waals surface area contributed by atoms with E-state index in [9.17, 15) is 9.18 Å². The van der Waals surface area contributed by atoms with E-state index in [0.29, 0.717) is 25.4 Å². The Hall–Kier alpha value is -1.27. The number of esters is 1. The summed E-state index contributed by atoms with van der Waals surface area (Å²) < 4.78 is 23.0. The average molecular weight is 315 g/mol. The summed E-state index contributed by atoms with van der Waals surface area (Å²) in [7, 11) is 0. The van der Waals surface area contributed by atoms with E-state index in [1.807, 2.05) is 0 Å². The molecule has 118 valence electrons. The molecular weight excluding hydrogens is 293 g/mol. The van der Waals surface area contributed by atoms with E-state index >= 15 is 0 Å². The topological polar surface area (TPSA) is 61.5 Å². The van der Waals surface area contributed by atoms with Crippen LogP contribution in [0.2, 0.25) is 0 Å². The summed E-state index contributed by atoms with van der Waals surface area (Å²) in [5, 5.41) is 0. The molecule has 0 amide bonds. The van der Waals surface area contributed by atoms with Crippen molar-refractivity contribution in [1.29, 1.82) is 0 Å². The molecule has 0 aliphatic carbocycles. The third kappa shape index (κ3) is 7.92. The molecule has 0 aliphatic rings. The Morgan fingerprint density at radius 1 is 1.33 bits per heavy atom. The van der Waals surface area contributed by atoms with Crippen molar-refractivity contribution in [1.82, 2.24) is 0 Å². The molecule has 0 aliphatic heterocycles. The Kier molecular flexibility index (Phi) is 8.85. The monoisotopic (exact) mass is 315 g/mol. The van der Waals surface area contributed by atoms with E-state index in [1.165, 1.54) is 12.1 Å². The summed E-state index contributed by atoms with van der Waals surface area (Å²) in [5.41, 5.74) is 5.69. The Balaban J connectivity index is 1.99. The molecule has 2 N–H and O–H groups in total. The van der Waals surface area contributed by atoms with E-state index in [1.54, 1.807) is 30.8 Å². The number of hydrogen-bond donors (Lipinski definition) is 1. The first-order valence-corrected chi connectivity index (χ1v) is 8.17. The number of nitrogens with two attached hydrogens (primary N) is 1. The van der Waals surface area contributed by atoms with Gasteiger partial charge in [-0.2, -0.15) is 11.8 Å². The molecule has 0 fully saturated rings. The molecule has 1 atom stereocenters. The third-order valence-electron chi connectivity index (χ3n) is 2.68. The average Bonchev–Trinajstić information content (AvgIpc) is 2.48. The van der Waals surface area contributed by atoms with Crippen LogP contribution in [0.1, 0.15) is 19.8 Å². The van der Waals surface area contributed by atoms with Crippen LogP contribution < -0.4 is 10.5 Å². The summed E-state index contributed by atoms with van der Waals surface area (Å²) in [6.07, 6.45) is 1.50. The number of ether oxygens (including phenoxy) is 2. The second-order valence-corrected chi connectivity index (χ2v) is 5.64. The first-order valence-electron chi connectivity index (χ1n) is 7.01. The van der Waals surface area contributed by atoms with Gasteiger partial charge in [0.25, 0.3) is 0 Å². The molecule has 0 spiro atoms. The maximum absolute atomic E-state index is 12.7. The van der Waals surface area contributed by atoms with Gasteiger partial charge >= 0.3 is 5.97 Å². The van der Waals surface area contributed by atoms with E-state index in [0.717, 1.165) is 17.9 Å². The van der Waals surface area contributed by atoms with Gasteiger partial charge in [-0.05, 0) is 55.5 Å². The fourth-order valence-corrected chi connectivity index (χ4v) is 2.51. The third-order valence-corrected chi connectivity index (χ3v) is 3.78. The van der Waals surface area contributed by atoms with Crippen LogP contribution in [0.15, 0.2) is 24.3 Å². The number of benzene rings is 1. The second-order valence-electron chi connectivity index (χ2n) is 4.42. The minimum absolute atomic E-state index is 0.268. The number of halogens is 1. The minimum atomic E-state index is -0.534. The van der Waals surface area contributed by atoms with Gasteiger partial charge in [0.2, 0.25) is 0 Å². The zero-order valence-corrected chi connectivity index (χ0v) is 13.0. The molecule has 1 aromatic carbocycles. The molecule has 0 aromatic heterocycles. The number of rotatable bonds is 10.